The highest BCUT2D eigenvalue weighted by molar-refractivity contribution is 6.54. The van der Waals surface area contributed by atoms with Crippen molar-refractivity contribution in [1.82, 2.24) is 0 Å². The second-order valence-electron chi connectivity index (χ2n) is 4.92. The molecule has 0 amide bonds. The molecule has 0 unspecified atom stereocenters. The van der Waals surface area contributed by atoms with Gasteiger partial charge in [0.15, 0.2) is 0 Å². The summed E-state index contributed by atoms with van der Waals surface area (Å²) in [5, 5.41) is 0. The van der Waals surface area contributed by atoms with Crippen molar-refractivity contribution < 1.29 is 9.31 Å². The first-order chi connectivity index (χ1) is 6.84. The lowest BCUT2D eigenvalue weighted by atomic mass is 9.76. The Morgan fingerprint density at radius 3 is 2.00 bits per heavy atom. The van der Waals surface area contributed by atoms with Crippen LogP contribution >= 0.6 is 0 Å². The normalized spacial score (nSPS) is 24.3. The van der Waals surface area contributed by atoms with Gasteiger partial charge in [-0.25, -0.2) is 0 Å². The van der Waals surface area contributed by atoms with Crippen molar-refractivity contribution in [2.45, 2.75) is 52.2 Å². The second kappa shape index (κ2) is 4.15. The van der Waals surface area contributed by atoms with Gasteiger partial charge in [-0.3, -0.25) is 0 Å². The molecule has 15 heavy (non-hydrogen) atoms. The predicted molar refractivity (Wildman–Crippen MR) is 64.7 cm³/mol. The summed E-state index contributed by atoms with van der Waals surface area (Å²) in [6, 6.07) is 0. The molecule has 1 aliphatic rings. The van der Waals surface area contributed by atoms with Gasteiger partial charge in [0.05, 0.1) is 11.2 Å². The van der Waals surface area contributed by atoms with Crippen LogP contribution in [0, 0.1) is 0 Å². The molecule has 0 aromatic heterocycles. The third-order valence-electron chi connectivity index (χ3n) is 3.30. The monoisotopic (exact) mass is 208 g/mol. The Morgan fingerprint density at radius 1 is 1.20 bits per heavy atom. The van der Waals surface area contributed by atoms with Gasteiger partial charge in [-0.1, -0.05) is 25.7 Å². The topological polar surface area (TPSA) is 18.5 Å². The zero-order chi connectivity index (χ0) is 11.7. The fourth-order valence-corrected chi connectivity index (χ4v) is 1.51. The standard InChI is InChI=1S/C12H21BO2/c1-7-9-10(8-2)13-14-11(3,4)12(5,6)15-13/h7,9H,1,8H2,2-6H3/b10-9+. The van der Waals surface area contributed by atoms with E-state index < -0.39 is 0 Å². The van der Waals surface area contributed by atoms with Crippen LogP contribution in [-0.2, 0) is 9.31 Å². The van der Waals surface area contributed by atoms with E-state index in [1.165, 1.54) is 0 Å². The van der Waals surface area contributed by atoms with Crippen LogP contribution in [0.15, 0.2) is 24.2 Å². The van der Waals surface area contributed by atoms with Crippen molar-refractivity contribution >= 4 is 7.12 Å². The Hall–Kier alpha value is -0.535. The maximum atomic E-state index is 5.93. The smallest absolute Gasteiger partial charge is 0.400 e. The van der Waals surface area contributed by atoms with Crippen molar-refractivity contribution in [3.8, 4) is 0 Å². The van der Waals surface area contributed by atoms with Crippen LogP contribution in [0.4, 0.5) is 0 Å². The van der Waals surface area contributed by atoms with E-state index in [-0.39, 0.29) is 18.3 Å². The van der Waals surface area contributed by atoms with Gasteiger partial charge in [0.25, 0.3) is 0 Å². The summed E-state index contributed by atoms with van der Waals surface area (Å²) in [5.74, 6) is 0. The van der Waals surface area contributed by atoms with Crippen LogP contribution in [0.25, 0.3) is 0 Å². The van der Waals surface area contributed by atoms with Crippen molar-refractivity contribution in [2.75, 3.05) is 0 Å². The van der Waals surface area contributed by atoms with Gasteiger partial charge in [-0.15, -0.1) is 0 Å². The first-order valence-electron chi connectivity index (χ1n) is 5.51. The second-order valence-corrected chi connectivity index (χ2v) is 4.92. The predicted octanol–water partition coefficient (Wildman–Crippen LogP) is 3.14. The third-order valence-corrected chi connectivity index (χ3v) is 3.30. The minimum atomic E-state index is -0.257. The summed E-state index contributed by atoms with van der Waals surface area (Å²) in [6.07, 6.45) is 4.68. The van der Waals surface area contributed by atoms with E-state index in [0.29, 0.717) is 0 Å². The molecule has 1 heterocycles. The molecule has 1 fully saturated rings. The van der Waals surface area contributed by atoms with Crippen LogP contribution in [0.3, 0.4) is 0 Å². The van der Waals surface area contributed by atoms with Crippen LogP contribution in [0.1, 0.15) is 41.0 Å². The van der Waals surface area contributed by atoms with E-state index in [4.69, 9.17) is 9.31 Å². The SMILES string of the molecule is C=C/C=C(\CC)B1OC(C)(C)C(C)(C)O1. The van der Waals surface area contributed by atoms with Crippen molar-refractivity contribution in [1.29, 1.82) is 0 Å². The van der Waals surface area contributed by atoms with E-state index in [0.717, 1.165) is 11.9 Å². The van der Waals surface area contributed by atoms with E-state index in [1.54, 1.807) is 6.08 Å². The van der Waals surface area contributed by atoms with Gasteiger partial charge < -0.3 is 9.31 Å². The molecule has 0 radical (unpaired) electrons. The first kappa shape index (κ1) is 12.5. The molecule has 2 nitrogen and oxygen atoms in total. The Balaban J connectivity index is 2.86. The summed E-state index contributed by atoms with van der Waals surface area (Å²) >= 11 is 0. The Kier molecular flexibility index (Phi) is 3.46. The van der Waals surface area contributed by atoms with E-state index in [1.807, 2.05) is 6.08 Å². The lowest BCUT2D eigenvalue weighted by Crippen LogP contribution is -2.41. The van der Waals surface area contributed by atoms with Gasteiger partial charge >= 0.3 is 7.12 Å². The van der Waals surface area contributed by atoms with Crippen LogP contribution < -0.4 is 0 Å². The molecule has 0 bridgehead atoms. The lowest BCUT2D eigenvalue weighted by molar-refractivity contribution is 0.00578. The zero-order valence-corrected chi connectivity index (χ0v) is 10.5. The fraction of sp³-hybridized carbons (Fsp3) is 0.667. The minimum absolute atomic E-state index is 0.224. The molecule has 0 aliphatic carbocycles. The summed E-state index contributed by atoms with van der Waals surface area (Å²) in [7, 11) is -0.224. The molecule has 84 valence electrons. The molecule has 0 aromatic rings. The van der Waals surface area contributed by atoms with Crippen molar-refractivity contribution in [3.63, 3.8) is 0 Å². The number of allylic oxidation sites excluding steroid dienone is 3. The maximum absolute atomic E-state index is 5.93. The molecule has 1 saturated heterocycles. The summed E-state index contributed by atoms with van der Waals surface area (Å²) < 4.78 is 11.9. The van der Waals surface area contributed by atoms with E-state index >= 15 is 0 Å². The fourth-order valence-electron chi connectivity index (χ4n) is 1.51. The highest BCUT2D eigenvalue weighted by atomic mass is 16.7. The highest BCUT2D eigenvalue weighted by Gasteiger charge is 2.51. The Morgan fingerprint density at radius 2 is 1.67 bits per heavy atom. The zero-order valence-electron chi connectivity index (χ0n) is 10.5. The van der Waals surface area contributed by atoms with Crippen LogP contribution in [-0.4, -0.2) is 18.3 Å². The lowest BCUT2D eigenvalue weighted by Gasteiger charge is -2.32. The summed E-state index contributed by atoms with van der Waals surface area (Å²) in [6.45, 7) is 14.1. The van der Waals surface area contributed by atoms with Gasteiger partial charge in [-0.2, -0.15) is 0 Å². The van der Waals surface area contributed by atoms with Gasteiger partial charge in [-0.05, 0) is 39.6 Å². The third kappa shape index (κ3) is 2.35. The minimum Gasteiger partial charge on any atom is -0.400 e. The molecule has 0 atom stereocenters. The van der Waals surface area contributed by atoms with Crippen molar-refractivity contribution in [3.05, 3.63) is 24.2 Å². The average molecular weight is 208 g/mol. The van der Waals surface area contributed by atoms with Gasteiger partial charge in [0.2, 0.25) is 0 Å². The Bertz CT molecular complexity index is 263. The number of hydrogen-bond donors (Lipinski definition) is 0. The molecule has 0 spiro atoms. The van der Waals surface area contributed by atoms with Crippen LogP contribution in [0.2, 0.25) is 0 Å². The molecular formula is C12H21BO2. The number of hydrogen-bond acceptors (Lipinski definition) is 2. The molecule has 1 rings (SSSR count). The van der Waals surface area contributed by atoms with E-state index in [2.05, 4.69) is 41.2 Å². The van der Waals surface area contributed by atoms with E-state index in [9.17, 15) is 0 Å². The van der Waals surface area contributed by atoms with Crippen molar-refractivity contribution in [2.24, 2.45) is 0 Å². The largest absolute Gasteiger partial charge is 0.490 e. The molecule has 0 N–H and O–H groups in total. The first-order valence-corrected chi connectivity index (χ1v) is 5.51. The summed E-state index contributed by atoms with van der Waals surface area (Å²) in [4.78, 5) is 0. The van der Waals surface area contributed by atoms with Crippen LogP contribution in [0.5, 0.6) is 0 Å². The average Bonchev–Trinajstić information content (AvgIpc) is 2.32. The van der Waals surface area contributed by atoms with Gasteiger partial charge in [0.1, 0.15) is 0 Å². The molecule has 0 saturated carbocycles. The summed E-state index contributed by atoms with van der Waals surface area (Å²) in [5.41, 5.74) is 0.629. The molecule has 0 aromatic carbocycles. The maximum Gasteiger partial charge on any atom is 0.490 e. The number of rotatable bonds is 3. The molecule has 3 heteroatoms. The highest BCUT2D eigenvalue weighted by Crippen LogP contribution is 2.38. The van der Waals surface area contributed by atoms with Gasteiger partial charge in [0, 0.05) is 0 Å². The Labute approximate surface area is 93.5 Å². The molecule has 1 aliphatic heterocycles. The molecular weight excluding hydrogens is 187 g/mol. The quantitative estimate of drug-likeness (QED) is 0.524.